The second-order valence-corrected chi connectivity index (χ2v) is 5.75. The standard InChI is InChI=1S/C10H11I2NO3/c1-5(14)4-13-10(16)7-2-6(11)3-8(12)9(7)15/h2-3,5,14-15H,4H2,1H3,(H,13,16). The predicted octanol–water partition coefficient (Wildman–Crippen LogP) is 1.71. The van der Waals surface area contributed by atoms with Crippen LogP contribution >= 0.6 is 45.2 Å². The Labute approximate surface area is 121 Å². The van der Waals surface area contributed by atoms with Gasteiger partial charge in [-0.1, -0.05) is 0 Å². The molecule has 0 aliphatic carbocycles. The van der Waals surface area contributed by atoms with Crippen LogP contribution in [-0.2, 0) is 0 Å². The number of halogens is 2. The number of nitrogens with one attached hydrogen (secondary N) is 1. The van der Waals surface area contributed by atoms with Crippen LogP contribution in [0, 0.1) is 7.14 Å². The van der Waals surface area contributed by atoms with Crippen LogP contribution in [0.15, 0.2) is 12.1 Å². The second-order valence-electron chi connectivity index (χ2n) is 3.34. The largest absolute Gasteiger partial charge is 0.506 e. The molecule has 0 spiro atoms. The quantitative estimate of drug-likeness (QED) is 0.619. The summed E-state index contributed by atoms with van der Waals surface area (Å²) in [6, 6.07) is 3.39. The van der Waals surface area contributed by atoms with E-state index in [1.807, 2.05) is 22.6 Å². The number of hydrogen-bond acceptors (Lipinski definition) is 3. The number of amides is 1. The van der Waals surface area contributed by atoms with Crippen molar-refractivity contribution < 1.29 is 15.0 Å². The average Bonchev–Trinajstić information content (AvgIpc) is 2.19. The van der Waals surface area contributed by atoms with Gasteiger partial charge in [0.15, 0.2) is 0 Å². The number of rotatable bonds is 3. The summed E-state index contributed by atoms with van der Waals surface area (Å²) in [5, 5.41) is 21.3. The van der Waals surface area contributed by atoms with Gasteiger partial charge in [-0.05, 0) is 64.2 Å². The van der Waals surface area contributed by atoms with Gasteiger partial charge in [0.1, 0.15) is 5.75 Å². The van der Waals surface area contributed by atoms with E-state index in [1.54, 1.807) is 19.1 Å². The number of aromatic hydroxyl groups is 1. The highest BCUT2D eigenvalue weighted by molar-refractivity contribution is 14.1. The lowest BCUT2D eigenvalue weighted by Gasteiger charge is -2.09. The number of hydrogen-bond donors (Lipinski definition) is 3. The van der Waals surface area contributed by atoms with Gasteiger partial charge in [-0.15, -0.1) is 0 Å². The topological polar surface area (TPSA) is 69.6 Å². The molecule has 1 aromatic carbocycles. The van der Waals surface area contributed by atoms with E-state index in [-0.39, 0.29) is 23.8 Å². The van der Waals surface area contributed by atoms with E-state index < -0.39 is 6.10 Å². The molecule has 1 amide bonds. The van der Waals surface area contributed by atoms with Crippen molar-refractivity contribution in [2.24, 2.45) is 0 Å². The van der Waals surface area contributed by atoms with Gasteiger partial charge in [0.2, 0.25) is 0 Å². The minimum atomic E-state index is -0.604. The maximum atomic E-state index is 11.7. The Balaban J connectivity index is 2.91. The Kier molecular flexibility index (Phi) is 5.25. The fourth-order valence-electron chi connectivity index (χ4n) is 1.07. The molecule has 0 bridgehead atoms. The average molecular weight is 447 g/mol. The van der Waals surface area contributed by atoms with Gasteiger partial charge < -0.3 is 15.5 Å². The Hall–Kier alpha value is -0.0900. The summed E-state index contributed by atoms with van der Waals surface area (Å²) in [5.41, 5.74) is 0.233. The van der Waals surface area contributed by atoms with Gasteiger partial charge in [-0.25, -0.2) is 0 Å². The summed E-state index contributed by atoms with van der Waals surface area (Å²) in [6.07, 6.45) is -0.604. The third kappa shape index (κ3) is 3.74. The molecule has 0 heterocycles. The van der Waals surface area contributed by atoms with Crippen molar-refractivity contribution in [3.8, 4) is 5.75 Å². The predicted molar refractivity (Wildman–Crippen MR) is 77.6 cm³/mol. The molecule has 88 valence electrons. The smallest absolute Gasteiger partial charge is 0.255 e. The molecule has 1 aromatic rings. The minimum Gasteiger partial charge on any atom is -0.506 e. The molecule has 1 rings (SSSR count). The Morgan fingerprint density at radius 1 is 1.50 bits per heavy atom. The van der Waals surface area contributed by atoms with Crippen LogP contribution in [-0.4, -0.2) is 28.8 Å². The van der Waals surface area contributed by atoms with Crippen molar-refractivity contribution in [1.29, 1.82) is 0 Å². The molecule has 0 aliphatic heterocycles. The van der Waals surface area contributed by atoms with Crippen LogP contribution in [0.3, 0.4) is 0 Å². The van der Waals surface area contributed by atoms with Crippen molar-refractivity contribution in [3.63, 3.8) is 0 Å². The lowest BCUT2D eigenvalue weighted by atomic mass is 10.2. The zero-order chi connectivity index (χ0) is 12.3. The van der Waals surface area contributed by atoms with Crippen LogP contribution in [0.25, 0.3) is 0 Å². The monoisotopic (exact) mass is 447 g/mol. The first-order valence-electron chi connectivity index (χ1n) is 4.56. The highest BCUT2D eigenvalue weighted by atomic mass is 127. The van der Waals surface area contributed by atoms with E-state index in [0.29, 0.717) is 3.57 Å². The number of benzene rings is 1. The van der Waals surface area contributed by atoms with Crippen LogP contribution < -0.4 is 5.32 Å². The Morgan fingerprint density at radius 2 is 2.12 bits per heavy atom. The third-order valence-corrected chi connectivity index (χ3v) is 3.28. The van der Waals surface area contributed by atoms with Crippen molar-refractivity contribution in [3.05, 3.63) is 24.8 Å². The molecule has 0 aromatic heterocycles. The first-order chi connectivity index (χ1) is 7.41. The van der Waals surface area contributed by atoms with Crippen molar-refractivity contribution >= 4 is 51.1 Å². The van der Waals surface area contributed by atoms with Gasteiger partial charge in [-0.3, -0.25) is 4.79 Å². The first kappa shape index (κ1) is 14.0. The lowest BCUT2D eigenvalue weighted by Crippen LogP contribution is -2.30. The highest BCUT2D eigenvalue weighted by Crippen LogP contribution is 2.26. The second kappa shape index (κ2) is 6.01. The molecule has 6 heteroatoms. The molecule has 0 saturated carbocycles. The molecule has 16 heavy (non-hydrogen) atoms. The Morgan fingerprint density at radius 3 is 2.69 bits per heavy atom. The molecular formula is C10H11I2NO3. The summed E-state index contributed by atoms with van der Waals surface area (Å²) in [5.74, 6) is -0.404. The maximum absolute atomic E-state index is 11.7. The number of phenolic OH excluding ortho intramolecular Hbond substituents is 1. The highest BCUT2D eigenvalue weighted by Gasteiger charge is 2.14. The molecule has 0 radical (unpaired) electrons. The molecular weight excluding hydrogens is 436 g/mol. The summed E-state index contributed by atoms with van der Waals surface area (Å²) in [6.45, 7) is 1.75. The SMILES string of the molecule is CC(O)CNC(=O)c1cc(I)cc(I)c1O. The molecule has 0 saturated heterocycles. The molecule has 4 nitrogen and oxygen atoms in total. The number of carbonyl (C=O) groups excluding carboxylic acids is 1. The van der Waals surface area contributed by atoms with E-state index >= 15 is 0 Å². The maximum Gasteiger partial charge on any atom is 0.255 e. The number of aliphatic hydroxyl groups excluding tert-OH is 1. The van der Waals surface area contributed by atoms with Crippen molar-refractivity contribution in [2.45, 2.75) is 13.0 Å². The normalized spacial score (nSPS) is 12.2. The molecule has 1 atom stereocenters. The van der Waals surface area contributed by atoms with E-state index in [9.17, 15) is 9.90 Å². The fraction of sp³-hybridized carbons (Fsp3) is 0.300. The first-order valence-corrected chi connectivity index (χ1v) is 6.72. The number of carbonyl (C=O) groups is 1. The van der Waals surface area contributed by atoms with E-state index in [1.165, 1.54) is 0 Å². The van der Waals surface area contributed by atoms with Gasteiger partial charge in [0.25, 0.3) is 5.91 Å². The van der Waals surface area contributed by atoms with Crippen molar-refractivity contribution in [1.82, 2.24) is 5.32 Å². The number of phenols is 1. The lowest BCUT2D eigenvalue weighted by molar-refractivity contribution is 0.0921. The molecule has 0 fully saturated rings. The van der Waals surface area contributed by atoms with Gasteiger partial charge in [0.05, 0.1) is 15.2 Å². The molecule has 0 aliphatic rings. The van der Waals surface area contributed by atoms with E-state index in [2.05, 4.69) is 27.9 Å². The van der Waals surface area contributed by atoms with Crippen molar-refractivity contribution in [2.75, 3.05) is 6.54 Å². The Bertz CT molecular complexity index is 407. The van der Waals surface area contributed by atoms with Gasteiger partial charge in [0, 0.05) is 10.1 Å². The van der Waals surface area contributed by atoms with Gasteiger partial charge in [-0.2, -0.15) is 0 Å². The molecule has 3 N–H and O–H groups in total. The zero-order valence-electron chi connectivity index (χ0n) is 8.50. The van der Waals surface area contributed by atoms with Gasteiger partial charge >= 0.3 is 0 Å². The summed E-state index contributed by atoms with van der Waals surface area (Å²) < 4.78 is 1.51. The van der Waals surface area contributed by atoms with Crippen LogP contribution in [0.5, 0.6) is 5.75 Å². The van der Waals surface area contributed by atoms with Crippen LogP contribution in [0.2, 0.25) is 0 Å². The summed E-state index contributed by atoms with van der Waals surface area (Å²) in [7, 11) is 0. The minimum absolute atomic E-state index is 0.0240. The van der Waals surface area contributed by atoms with E-state index in [4.69, 9.17) is 5.11 Å². The van der Waals surface area contributed by atoms with E-state index in [0.717, 1.165) is 3.57 Å². The molecule has 1 unspecified atom stereocenters. The summed E-state index contributed by atoms with van der Waals surface area (Å²) in [4.78, 5) is 11.7. The zero-order valence-corrected chi connectivity index (χ0v) is 12.8. The summed E-state index contributed by atoms with van der Waals surface area (Å²) >= 11 is 4.04. The van der Waals surface area contributed by atoms with Crippen LogP contribution in [0.1, 0.15) is 17.3 Å². The number of aliphatic hydroxyl groups is 1. The van der Waals surface area contributed by atoms with Crippen LogP contribution in [0.4, 0.5) is 0 Å². The third-order valence-electron chi connectivity index (χ3n) is 1.83. The fourth-order valence-corrected chi connectivity index (χ4v) is 2.92.